The van der Waals surface area contributed by atoms with Crippen LogP contribution in [0.25, 0.3) is 11.0 Å². The SMILES string of the molecule is CCc1cc(C2CN(S(C)(=O)=O)C2)ccc1CNc1cc2c(cn1)ncn2C. The second kappa shape index (κ2) is 7.18. The van der Waals surface area contributed by atoms with E-state index in [-0.39, 0.29) is 5.92 Å². The van der Waals surface area contributed by atoms with E-state index in [1.807, 2.05) is 17.7 Å². The molecule has 0 amide bonds. The first-order valence-corrected chi connectivity index (χ1v) is 11.3. The van der Waals surface area contributed by atoms with Gasteiger partial charge in [-0.1, -0.05) is 25.1 Å². The third-order valence-corrected chi connectivity index (χ3v) is 6.71. The van der Waals surface area contributed by atoms with E-state index in [9.17, 15) is 8.42 Å². The largest absolute Gasteiger partial charge is 0.366 e. The maximum atomic E-state index is 11.6. The molecule has 1 aromatic carbocycles. The van der Waals surface area contributed by atoms with Crippen LogP contribution in [0.4, 0.5) is 5.82 Å². The van der Waals surface area contributed by atoms with Gasteiger partial charge in [0.25, 0.3) is 0 Å². The molecular weight excluding hydrogens is 374 g/mol. The summed E-state index contributed by atoms with van der Waals surface area (Å²) in [7, 11) is -1.10. The smallest absolute Gasteiger partial charge is 0.211 e. The molecule has 0 radical (unpaired) electrons. The number of hydrogen-bond acceptors (Lipinski definition) is 5. The highest BCUT2D eigenvalue weighted by Gasteiger charge is 2.34. The first kappa shape index (κ1) is 18.9. The average Bonchev–Trinajstić information content (AvgIpc) is 2.98. The van der Waals surface area contributed by atoms with Gasteiger partial charge in [-0.15, -0.1) is 0 Å². The van der Waals surface area contributed by atoms with Crippen molar-refractivity contribution in [1.82, 2.24) is 18.8 Å². The predicted octanol–water partition coefficient (Wildman–Crippen LogP) is 2.50. The van der Waals surface area contributed by atoms with Crippen LogP contribution in [0, 0.1) is 0 Å². The van der Waals surface area contributed by atoms with Crippen LogP contribution in [-0.2, 0) is 30.0 Å². The number of hydrogen-bond donors (Lipinski definition) is 1. The van der Waals surface area contributed by atoms with E-state index in [1.165, 1.54) is 27.3 Å². The molecule has 0 bridgehead atoms. The summed E-state index contributed by atoms with van der Waals surface area (Å²) in [5.74, 6) is 1.11. The van der Waals surface area contributed by atoms with Crippen LogP contribution in [0.5, 0.6) is 0 Å². The minimum Gasteiger partial charge on any atom is -0.366 e. The second-order valence-corrected chi connectivity index (χ2v) is 9.41. The van der Waals surface area contributed by atoms with E-state index in [2.05, 4.69) is 40.4 Å². The summed E-state index contributed by atoms with van der Waals surface area (Å²) >= 11 is 0. The number of rotatable bonds is 6. The molecule has 0 aliphatic carbocycles. The van der Waals surface area contributed by atoms with Crippen LogP contribution in [-0.4, -0.2) is 46.6 Å². The Bertz CT molecular complexity index is 1120. The number of anilines is 1. The van der Waals surface area contributed by atoms with Crippen LogP contribution in [0.15, 0.2) is 36.8 Å². The van der Waals surface area contributed by atoms with Crippen LogP contribution in [0.3, 0.4) is 0 Å². The van der Waals surface area contributed by atoms with Crippen LogP contribution >= 0.6 is 0 Å². The Balaban J connectivity index is 1.46. The van der Waals surface area contributed by atoms with E-state index in [0.29, 0.717) is 19.6 Å². The standard InChI is InChI=1S/C20H25N5O2S/c1-4-14-7-15(17-11-25(12-17)28(3,26)27)5-6-16(14)9-21-20-8-19-18(10-22-20)23-13-24(19)2/h5-8,10,13,17H,4,9,11-12H2,1-3H3,(H,21,22). The van der Waals surface area contributed by atoms with Gasteiger partial charge in [0.1, 0.15) is 11.3 Å². The van der Waals surface area contributed by atoms with Gasteiger partial charge in [-0.2, -0.15) is 0 Å². The molecule has 1 fully saturated rings. The lowest BCUT2D eigenvalue weighted by Crippen LogP contribution is -2.47. The fourth-order valence-electron chi connectivity index (χ4n) is 3.63. The van der Waals surface area contributed by atoms with Gasteiger partial charge in [0.15, 0.2) is 0 Å². The first-order chi connectivity index (χ1) is 13.3. The molecule has 3 aromatic rings. The maximum absolute atomic E-state index is 11.6. The van der Waals surface area contributed by atoms with Crippen molar-refractivity contribution in [3.05, 3.63) is 53.5 Å². The number of nitrogens with one attached hydrogen (secondary N) is 1. The normalized spacial score (nSPS) is 15.7. The number of fused-ring (bicyclic) bond motifs is 1. The number of pyridine rings is 1. The summed E-state index contributed by atoms with van der Waals surface area (Å²) in [5, 5.41) is 3.41. The highest BCUT2D eigenvalue weighted by molar-refractivity contribution is 7.88. The second-order valence-electron chi connectivity index (χ2n) is 7.43. The maximum Gasteiger partial charge on any atom is 0.211 e. The van der Waals surface area contributed by atoms with Crippen molar-refractivity contribution in [3.63, 3.8) is 0 Å². The molecule has 0 spiro atoms. The van der Waals surface area contributed by atoms with Crippen molar-refractivity contribution >= 4 is 26.9 Å². The summed E-state index contributed by atoms with van der Waals surface area (Å²) in [6.07, 6.45) is 5.77. The third-order valence-electron chi connectivity index (χ3n) is 5.47. The number of imidazole rings is 1. The number of aromatic nitrogens is 3. The number of sulfonamides is 1. The van der Waals surface area contributed by atoms with E-state index in [1.54, 1.807) is 12.5 Å². The third kappa shape index (κ3) is 3.62. The van der Waals surface area contributed by atoms with Gasteiger partial charge >= 0.3 is 0 Å². The highest BCUT2D eigenvalue weighted by Crippen LogP contribution is 2.30. The van der Waals surface area contributed by atoms with E-state index in [0.717, 1.165) is 23.3 Å². The Labute approximate surface area is 165 Å². The molecular formula is C20H25N5O2S. The molecule has 1 N–H and O–H groups in total. The highest BCUT2D eigenvalue weighted by atomic mass is 32.2. The first-order valence-electron chi connectivity index (χ1n) is 9.43. The zero-order chi connectivity index (χ0) is 19.9. The van der Waals surface area contributed by atoms with Crippen molar-refractivity contribution in [2.24, 2.45) is 7.05 Å². The van der Waals surface area contributed by atoms with Crippen molar-refractivity contribution in [1.29, 1.82) is 0 Å². The summed E-state index contributed by atoms with van der Waals surface area (Å²) < 4.78 is 26.7. The number of nitrogens with zero attached hydrogens (tertiary/aromatic N) is 4. The summed E-state index contributed by atoms with van der Waals surface area (Å²) in [6, 6.07) is 8.50. The Hall–Kier alpha value is -2.45. The monoisotopic (exact) mass is 399 g/mol. The Morgan fingerprint density at radius 1 is 1.18 bits per heavy atom. The quantitative estimate of drug-likeness (QED) is 0.689. The van der Waals surface area contributed by atoms with Gasteiger partial charge in [0.2, 0.25) is 10.0 Å². The van der Waals surface area contributed by atoms with Crippen LogP contribution in [0.1, 0.15) is 29.5 Å². The van der Waals surface area contributed by atoms with E-state index in [4.69, 9.17) is 0 Å². The fourth-order valence-corrected chi connectivity index (χ4v) is 4.54. The molecule has 2 aromatic heterocycles. The molecule has 3 heterocycles. The van der Waals surface area contributed by atoms with E-state index >= 15 is 0 Å². The van der Waals surface area contributed by atoms with Crippen molar-refractivity contribution in [2.75, 3.05) is 24.7 Å². The Morgan fingerprint density at radius 2 is 1.96 bits per heavy atom. The molecule has 0 atom stereocenters. The topological polar surface area (TPSA) is 80.1 Å². The lowest BCUT2D eigenvalue weighted by molar-refractivity contribution is 0.266. The molecule has 0 saturated carbocycles. The Kier molecular flexibility index (Phi) is 4.84. The van der Waals surface area contributed by atoms with Gasteiger partial charge < -0.3 is 9.88 Å². The molecule has 148 valence electrons. The minimum atomic E-state index is -3.07. The van der Waals surface area contributed by atoms with Gasteiger partial charge in [0, 0.05) is 38.7 Å². The minimum absolute atomic E-state index is 0.288. The number of aryl methyl sites for hydroxylation is 2. The predicted molar refractivity (Wildman–Crippen MR) is 111 cm³/mol. The van der Waals surface area contributed by atoms with Crippen molar-refractivity contribution < 1.29 is 8.42 Å². The van der Waals surface area contributed by atoms with Gasteiger partial charge in [-0.3, -0.25) is 0 Å². The molecule has 1 saturated heterocycles. The van der Waals surface area contributed by atoms with Gasteiger partial charge in [-0.05, 0) is 23.1 Å². The molecule has 0 unspecified atom stereocenters. The lowest BCUT2D eigenvalue weighted by Gasteiger charge is -2.37. The zero-order valence-corrected chi connectivity index (χ0v) is 17.2. The molecule has 7 nitrogen and oxygen atoms in total. The summed E-state index contributed by atoms with van der Waals surface area (Å²) in [6.45, 7) is 3.99. The number of benzene rings is 1. The van der Waals surface area contributed by atoms with Crippen molar-refractivity contribution in [3.8, 4) is 0 Å². The van der Waals surface area contributed by atoms with Gasteiger partial charge in [-0.25, -0.2) is 22.7 Å². The molecule has 4 rings (SSSR count). The molecule has 8 heteroatoms. The molecule has 1 aliphatic heterocycles. The van der Waals surface area contributed by atoms with Gasteiger partial charge in [0.05, 0.1) is 24.3 Å². The Morgan fingerprint density at radius 3 is 2.68 bits per heavy atom. The van der Waals surface area contributed by atoms with E-state index < -0.39 is 10.0 Å². The van der Waals surface area contributed by atoms with Crippen LogP contribution < -0.4 is 5.32 Å². The lowest BCUT2D eigenvalue weighted by atomic mass is 9.90. The van der Waals surface area contributed by atoms with Crippen molar-refractivity contribution in [2.45, 2.75) is 25.8 Å². The molecule has 28 heavy (non-hydrogen) atoms. The molecule has 1 aliphatic rings. The average molecular weight is 400 g/mol. The summed E-state index contributed by atoms with van der Waals surface area (Å²) in [5.41, 5.74) is 5.66. The fraction of sp³-hybridized carbons (Fsp3) is 0.400. The zero-order valence-electron chi connectivity index (χ0n) is 16.4. The summed E-state index contributed by atoms with van der Waals surface area (Å²) in [4.78, 5) is 8.74. The van der Waals surface area contributed by atoms with Crippen LogP contribution in [0.2, 0.25) is 0 Å².